The van der Waals surface area contributed by atoms with Gasteiger partial charge in [-0.25, -0.2) is 14.5 Å². The second-order valence-electron chi connectivity index (χ2n) is 13.3. The molecule has 3 heterocycles. The van der Waals surface area contributed by atoms with Crippen LogP contribution in [0.5, 0.6) is 11.6 Å². The fourth-order valence-corrected chi connectivity index (χ4v) is 7.43. The van der Waals surface area contributed by atoms with E-state index in [0.717, 1.165) is 5.39 Å². The molecule has 16 heteroatoms. The van der Waals surface area contributed by atoms with Gasteiger partial charge in [0.2, 0.25) is 5.88 Å². The molecule has 2 aromatic heterocycles. The zero-order valence-electron chi connectivity index (χ0n) is 28.7. The van der Waals surface area contributed by atoms with Gasteiger partial charge in [0.1, 0.15) is 35.4 Å². The number of carbonyl (C=O) groups excluding carboxylic acids is 1. The van der Waals surface area contributed by atoms with E-state index in [0.29, 0.717) is 28.1 Å². The Bertz CT molecular complexity index is 1830. The lowest BCUT2D eigenvalue weighted by Gasteiger charge is -2.28. The van der Waals surface area contributed by atoms with Crippen LogP contribution in [0.1, 0.15) is 46.2 Å². The summed E-state index contributed by atoms with van der Waals surface area (Å²) in [6.07, 6.45) is -0.289. The van der Waals surface area contributed by atoms with Crippen LogP contribution in [0, 0.1) is 12.3 Å². The van der Waals surface area contributed by atoms with Crippen LogP contribution in [0.3, 0.4) is 0 Å². The highest BCUT2D eigenvalue weighted by Gasteiger charge is 2.54. The lowest BCUT2D eigenvalue weighted by molar-refractivity contribution is -0.148. The average Bonchev–Trinajstić information content (AvgIpc) is 3.57. The molecule has 2 aromatic carbocycles. The molecule has 0 amide bonds. The van der Waals surface area contributed by atoms with Gasteiger partial charge in [0.05, 0.1) is 26.7 Å². The predicted octanol–water partition coefficient (Wildman–Crippen LogP) is 4.81. The molecule has 0 bridgehead atoms. The Morgan fingerprint density at radius 3 is 2.65 bits per heavy atom. The van der Waals surface area contributed by atoms with Crippen LogP contribution in [-0.2, 0) is 23.4 Å². The molecule has 4 aromatic rings. The third-order valence-corrected chi connectivity index (χ3v) is 10.1. The molecule has 5 rings (SSSR count). The first kappa shape index (κ1) is 37.0. The molecule has 0 aliphatic carbocycles. The van der Waals surface area contributed by atoms with Crippen molar-refractivity contribution >= 4 is 47.4 Å². The van der Waals surface area contributed by atoms with Crippen molar-refractivity contribution in [1.82, 2.24) is 24.6 Å². The first-order valence-electron chi connectivity index (χ1n) is 15.8. The summed E-state index contributed by atoms with van der Waals surface area (Å²) in [5, 5.41) is 27.2. The molecule has 14 nitrogen and oxygen atoms in total. The molecule has 3 N–H and O–H groups in total. The van der Waals surface area contributed by atoms with Crippen LogP contribution < -0.4 is 14.3 Å². The maximum Gasteiger partial charge on any atom is 0.459 e. The quantitative estimate of drug-likeness (QED) is 0.120. The molecular weight excluding hydrogens is 673 g/mol. The Labute approximate surface area is 289 Å². The van der Waals surface area contributed by atoms with E-state index in [2.05, 4.69) is 20.0 Å². The fourth-order valence-electron chi connectivity index (χ4n) is 5.40. The number of hydrogen-bond acceptors (Lipinski definition) is 13. The number of aliphatic hydroxyl groups excluding tert-OH is 1. The zero-order chi connectivity index (χ0) is 35.6. The van der Waals surface area contributed by atoms with Gasteiger partial charge >= 0.3 is 13.7 Å². The Hall–Kier alpha value is -3.30. The number of thioether (sulfide) groups is 1. The van der Waals surface area contributed by atoms with Crippen LogP contribution in [0.15, 0.2) is 48.8 Å². The minimum Gasteiger partial charge on any atom is -0.479 e. The van der Waals surface area contributed by atoms with E-state index in [4.69, 9.17) is 23.3 Å². The summed E-state index contributed by atoms with van der Waals surface area (Å²) in [6, 6.07) is 11.7. The predicted molar refractivity (Wildman–Crippen MR) is 186 cm³/mol. The number of aryl methyl sites for hydroxylation is 1. The molecule has 1 aliphatic heterocycles. The van der Waals surface area contributed by atoms with E-state index in [1.54, 1.807) is 19.1 Å². The van der Waals surface area contributed by atoms with Crippen molar-refractivity contribution in [3.8, 4) is 11.6 Å². The summed E-state index contributed by atoms with van der Waals surface area (Å²) in [5.74, 6) is 0.854. The van der Waals surface area contributed by atoms with Crippen molar-refractivity contribution in [2.45, 2.75) is 71.1 Å². The summed E-state index contributed by atoms with van der Waals surface area (Å²) in [5.41, 5.74) is -1.49. The minimum atomic E-state index is -4.41. The number of rotatable bonds is 14. The van der Waals surface area contributed by atoms with Crippen LogP contribution >= 0.6 is 19.5 Å². The summed E-state index contributed by atoms with van der Waals surface area (Å²) in [6.45, 7) is 8.57. The molecule has 266 valence electrons. The van der Waals surface area contributed by atoms with Crippen molar-refractivity contribution in [3.05, 3.63) is 54.6 Å². The van der Waals surface area contributed by atoms with E-state index in [1.807, 2.05) is 57.4 Å². The van der Waals surface area contributed by atoms with Crippen molar-refractivity contribution in [2.75, 3.05) is 32.3 Å². The van der Waals surface area contributed by atoms with Crippen molar-refractivity contribution in [1.29, 1.82) is 0 Å². The van der Waals surface area contributed by atoms with E-state index < -0.39 is 50.4 Å². The van der Waals surface area contributed by atoms with Gasteiger partial charge in [-0.1, -0.05) is 57.2 Å². The van der Waals surface area contributed by atoms with Gasteiger partial charge in [0.15, 0.2) is 17.4 Å². The SMILES string of the molecule is COc1nc(C)nc2c1ncn2C1O[C@H](COP(=O)(N[C@@H](CCSC)C(=O)OCC(C)(C)C)Oc2cccc3ccccc23)[C@@H](O)[C@@]1(C)O. The number of imidazole rings is 1. The zero-order valence-corrected chi connectivity index (χ0v) is 30.4. The van der Waals surface area contributed by atoms with E-state index in [9.17, 15) is 19.6 Å². The number of ether oxygens (including phenoxy) is 3. The number of esters is 1. The van der Waals surface area contributed by atoms with Crippen LogP contribution in [-0.4, -0.2) is 91.9 Å². The second-order valence-corrected chi connectivity index (χ2v) is 16.0. The monoisotopic (exact) mass is 717 g/mol. The number of methoxy groups -OCH3 is 1. The molecule has 0 spiro atoms. The number of fused-ring (bicyclic) bond motifs is 2. The standard InChI is InChI=1S/C33H44N5O9PS/c1-20-35-28-26(29(36-20)43-6)34-19-38(28)31-33(5,41)27(39)25(46-31)17-45-48(42,47-24-14-10-12-21-11-8-9-13-22(21)24)37-23(15-16-49-7)30(40)44-18-32(2,3)4/h8-14,19,23,25,27,31,39,41H,15-18H2,1-7H3,(H,37,42)/t23-,25+,27+,31?,33+,48?/m0/s1. The lowest BCUT2D eigenvalue weighted by Crippen LogP contribution is -2.44. The first-order chi connectivity index (χ1) is 23.2. The Morgan fingerprint density at radius 2 is 1.94 bits per heavy atom. The normalized spacial score (nSPS) is 23.0. The summed E-state index contributed by atoms with van der Waals surface area (Å²) in [7, 11) is -2.95. The van der Waals surface area contributed by atoms with Crippen LogP contribution in [0.2, 0.25) is 0 Å². The smallest absolute Gasteiger partial charge is 0.459 e. The van der Waals surface area contributed by atoms with Crippen molar-refractivity contribution in [2.24, 2.45) is 5.41 Å². The molecule has 0 radical (unpaired) electrons. The van der Waals surface area contributed by atoms with Crippen molar-refractivity contribution in [3.63, 3.8) is 0 Å². The number of carbonyl (C=O) groups is 1. The van der Waals surface area contributed by atoms with Crippen LogP contribution in [0.25, 0.3) is 21.9 Å². The maximum absolute atomic E-state index is 14.7. The molecular formula is C33H44N5O9PS. The Kier molecular flexibility index (Phi) is 11.2. The molecule has 2 unspecified atom stereocenters. The Morgan fingerprint density at radius 1 is 1.20 bits per heavy atom. The largest absolute Gasteiger partial charge is 0.479 e. The highest BCUT2D eigenvalue weighted by atomic mass is 32.2. The van der Waals surface area contributed by atoms with Crippen LogP contribution in [0.4, 0.5) is 0 Å². The van der Waals surface area contributed by atoms with Gasteiger partial charge < -0.3 is 28.9 Å². The highest BCUT2D eigenvalue weighted by Crippen LogP contribution is 2.49. The second kappa shape index (κ2) is 14.9. The third kappa shape index (κ3) is 8.37. The first-order valence-corrected chi connectivity index (χ1v) is 18.8. The molecule has 1 fully saturated rings. The molecule has 0 saturated carbocycles. The van der Waals surface area contributed by atoms with E-state index >= 15 is 0 Å². The summed E-state index contributed by atoms with van der Waals surface area (Å²) in [4.78, 5) is 26.4. The topological polar surface area (TPSA) is 176 Å². The highest BCUT2D eigenvalue weighted by molar-refractivity contribution is 7.98. The molecule has 6 atom stereocenters. The average molecular weight is 718 g/mol. The minimum absolute atomic E-state index is 0.149. The van der Waals surface area contributed by atoms with Gasteiger partial charge in [0.25, 0.3) is 0 Å². The van der Waals surface area contributed by atoms with Gasteiger partial charge in [-0.2, -0.15) is 21.8 Å². The van der Waals surface area contributed by atoms with Gasteiger partial charge in [-0.3, -0.25) is 13.9 Å². The maximum atomic E-state index is 14.7. The molecule has 1 aliphatic rings. The van der Waals surface area contributed by atoms with Gasteiger partial charge in [-0.05, 0) is 49.1 Å². The van der Waals surface area contributed by atoms with E-state index in [1.165, 1.54) is 36.7 Å². The van der Waals surface area contributed by atoms with Gasteiger partial charge in [-0.15, -0.1) is 0 Å². The third-order valence-electron chi connectivity index (χ3n) is 7.94. The number of aromatic nitrogens is 4. The number of benzene rings is 2. The van der Waals surface area contributed by atoms with Crippen molar-refractivity contribution < 1.29 is 42.8 Å². The lowest BCUT2D eigenvalue weighted by atomic mass is 9.96. The fraction of sp³-hybridized carbons (Fsp3) is 0.515. The van der Waals surface area contributed by atoms with Gasteiger partial charge in [0, 0.05) is 5.39 Å². The number of hydrogen-bond donors (Lipinski definition) is 3. The molecule has 49 heavy (non-hydrogen) atoms. The number of aliphatic hydroxyl groups is 2. The number of nitrogens with zero attached hydrogens (tertiary/aromatic N) is 4. The Balaban J connectivity index is 1.44. The summed E-state index contributed by atoms with van der Waals surface area (Å²) >= 11 is 1.52. The number of nitrogens with one attached hydrogen (secondary N) is 1. The molecule has 1 saturated heterocycles. The van der Waals surface area contributed by atoms with E-state index in [-0.39, 0.29) is 30.1 Å². The summed E-state index contributed by atoms with van der Waals surface area (Å²) < 4.78 is 45.4.